The van der Waals surface area contributed by atoms with Gasteiger partial charge < -0.3 is 9.80 Å². The Bertz CT molecular complexity index is 760. The van der Waals surface area contributed by atoms with Gasteiger partial charge in [-0.3, -0.25) is 9.48 Å². The van der Waals surface area contributed by atoms with Gasteiger partial charge in [0.2, 0.25) is 5.95 Å². The first-order chi connectivity index (χ1) is 11.6. The van der Waals surface area contributed by atoms with Crippen LogP contribution in [0.2, 0.25) is 0 Å². The number of fused-ring (bicyclic) bond motifs is 1. The van der Waals surface area contributed by atoms with E-state index in [1.807, 2.05) is 35.9 Å². The predicted molar refractivity (Wildman–Crippen MR) is 89.9 cm³/mol. The molecule has 0 unspecified atom stereocenters. The number of amides is 1. The third-order valence-electron chi connectivity index (χ3n) is 4.89. The summed E-state index contributed by atoms with van der Waals surface area (Å²) in [5.74, 6) is 0.823. The largest absolute Gasteiger partial charge is 0.337 e. The van der Waals surface area contributed by atoms with E-state index in [4.69, 9.17) is 0 Å². The molecule has 24 heavy (non-hydrogen) atoms. The van der Waals surface area contributed by atoms with Gasteiger partial charge in [0.1, 0.15) is 0 Å². The molecule has 2 aliphatic heterocycles. The molecule has 1 fully saturated rings. The second-order valence-electron chi connectivity index (χ2n) is 6.63. The monoisotopic (exact) mass is 326 g/mol. The summed E-state index contributed by atoms with van der Waals surface area (Å²) in [5, 5.41) is 4.54. The number of rotatable bonds is 2. The van der Waals surface area contributed by atoms with Crippen molar-refractivity contribution < 1.29 is 4.79 Å². The number of aryl methyl sites for hydroxylation is 2. The van der Waals surface area contributed by atoms with E-state index in [9.17, 15) is 4.79 Å². The van der Waals surface area contributed by atoms with Crippen LogP contribution >= 0.6 is 0 Å². The molecule has 126 valence electrons. The molecule has 1 saturated heterocycles. The average molecular weight is 326 g/mol. The fraction of sp³-hybridized carbons (Fsp3) is 0.529. The Morgan fingerprint density at radius 3 is 2.54 bits per heavy atom. The lowest BCUT2D eigenvalue weighted by atomic mass is 10.0. The molecule has 4 heterocycles. The number of anilines is 1. The number of hydrogen-bond donors (Lipinski definition) is 0. The third kappa shape index (κ3) is 2.53. The number of carbonyl (C=O) groups is 1. The summed E-state index contributed by atoms with van der Waals surface area (Å²) in [6.07, 6.45) is 6.67. The summed E-state index contributed by atoms with van der Waals surface area (Å²) in [4.78, 5) is 25.6. The molecule has 4 rings (SSSR count). The molecule has 1 amide bonds. The SMILES string of the molecule is Cc1cnc(N2CCc3c(C(=O)N4CCCC4)nn(C)c3C2)nc1. The summed E-state index contributed by atoms with van der Waals surface area (Å²) in [7, 11) is 1.92. The van der Waals surface area contributed by atoms with Crippen LogP contribution in [-0.2, 0) is 20.0 Å². The molecule has 7 nitrogen and oxygen atoms in total. The highest BCUT2D eigenvalue weighted by molar-refractivity contribution is 5.94. The van der Waals surface area contributed by atoms with Crippen molar-refractivity contribution in [1.29, 1.82) is 0 Å². The first kappa shape index (κ1) is 15.1. The summed E-state index contributed by atoms with van der Waals surface area (Å²) in [5.41, 5.74) is 3.88. The second kappa shape index (κ2) is 5.89. The summed E-state index contributed by atoms with van der Waals surface area (Å²) in [6, 6.07) is 0. The van der Waals surface area contributed by atoms with E-state index in [2.05, 4.69) is 20.0 Å². The van der Waals surface area contributed by atoms with Gasteiger partial charge in [-0.25, -0.2) is 9.97 Å². The lowest BCUT2D eigenvalue weighted by molar-refractivity contribution is 0.0785. The Morgan fingerprint density at radius 1 is 1.12 bits per heavy atom. The van der Waals surface area contributed by atoms with Crippen LogP contribution in [0.15, 0.2) is 12.4 Å². The molecule has 0 saturated carbocycles. The molecule has 0 radical (unpaired) electrons. The van der Waals surface area contributed by atoms with Crippen molar-refractivity contribution in [2.24, 2.45) is 7.05 Å². The molecule has 2 aliphatic rings. The topological polar surface area (TPSA) is 67.2 Å². The van der Waals surface area contributed by atoms with E-state index in [1.54, 1.807) is 0 Å². The van der Waals surface area contributed by atoms with Gasteiger partial charge in [-0.05, 0) is 31.7 Å². The molecule has 0 atom stereocenters. The zero-order valence-corrected chi connectivity index (χ0v) is 14.2. The van der Waals surface area contributed by atoms with Crippen molar-refractivity contribution >= 4 is 11.9 Å². The Labute approximate surface area is 141 Å². The van der Waals surface area contributed by atoms with Crippen LogP contribution in [0.5, 0.6) is 0 Å². The maximum Gasteiger partial charge on any atom is 0.274 e. The molecule has 7 heteroatoms. The molecule has 0 aromatic carbocycles. The lowest BCUT2D eigenvalue weighted by Gasteiger charge is -2.27. The van der Waals surface area contributed by atoms with Gasteiger partial charge in [0.25, 0.3) is 5.91 Å². The standard InChI is InChI=1S/C17H22N6O/c1-12-9-18-17(19-10-12)23-8-5-13-14(11-23)21(2)20-15(13)16(24)22-6-3-4-7-22/h9-10H,3-8,11H2,1-2H3. The molecule has 0 bridgehead atoms. The lowest BCUT2D eigenvalue weighted by Crippen LogP contribution is -2.34. The van der Waals surface area contributed by atoms with Gasteiger partial charge in [-0.15, -0.1) is 0 Å². The molecular weight excluding hydrogens is 304 g/mol. The normalized spacial score (nSPS) is 17.2. The second-order valence-corrected chi connectivity index (χ2v) is 6.63. The van der Waals surface area contributed by atoms with Gasteiger partial charge in [-0.2, -0.15) is 5.10 Å². The van der Waals surface area contributed by atoms with Crippen molar-refractivity contribution in [3.63, 3.8) is 0 Å². The van der Waals surface area contributed by atoms with Crippen molar-refractivity contribution in [3.8, 4) is 0 Å². The Kier molecular flexibility index (Phi) is 3.70. The van der Waals surface area contributed by atoms with Gasteiger partial charge in [0.15, 0.2) is 5.69 Å². The zero-order valence-electron chi connectivity index (χ0n) is 14.2. The van der Waals surface area contributed by atoms with E-state index in [1.165, 1.54) is 0 Å². The molecule has 2 aromatic heterocycles. The van der Waals surface area contributed by atoms with E-state index >= 15 is 0 Å². The molecule has 2 aromatic rings. The van der Waals surface area contributed by atoms with Gasteiger partial charge in [0, 0.05) is 44.6 Å². The number of likely N-dealkylation sites (tertiary alicyclic amines) is 1. The Morgan fingerprint density at radius 2 is 1.83 bits per heavy atom. The van der Waals surface area contributed by atoms with Crippen LogP contribution < -0.4 is 4.90 Å². The first-order valence-corrected chi connectivity index (χ1v) is 8.51. The maximum atomic E-state index is 12.7. The molecule has 0 N–H and O–H groups in total. The minimum atomic E-state index is 0.0874. The summed E-state index contributed by atoms with van der Waals surface area (Å²) >= 11 is 0. The fourth-order valence-electron chi connectivity index (χ4n) is 3.53. The molecular formula is C17H22N6O. The van der Waals surface area contributed by atoms with Gasteiger partial charge in [0.05, 0.1) is 12.2 Å². The number of nitrogens with zero attached hydrogens (tertiary/aromatic N) is 6. The molecule has 0 spiro atoms. The first-order valence-electron chi connectivity index (χ1n) is 8.51. The number of carbonyl (C=O) groups excluding carboxylic acids is 1. The van der Waals surface area contributed by atoms with Crippen LogP contribution in [0, 0.1) is 6.92 Å². The minimum Gasteiger partial charge on any atom is -0.337 e. The highest BCUT2D eigenvalue weighted by atomic mass is 16.2. The van der Waals surface area contributed by atoms with E-state index in [-0.39, 0.29) is 5.91 Å². The predicted octanol–water partition coefficient (Wildman–Crippen LogP) is 1.32. The van der Waals surface area contributed by atoms with Gasteiger partial charge in [-0.1, -0.05) is 0 Å². The zero-order chi connectivity index (χ0) is 16.7. The van der Waals surface area contributed by atoms with Crippen LogP contribution in [0.4, 0.5) is 5.95 Å². The van der Waals surface area contributed by atoms with Crippen molar-refractivity contribution in [2.75, 3.05) is 24.5 Å². The highest BCUT2D eigenvalue weighted by Gasteiger charge is 2.30. The van der Waals surface area contributed by atoms with Crippen molar-refractivity contribution in [3.05, 3.63) is 34.9 Å². The maximum absolute atomic E-state index is 12.7. The van der Waals surface area contributed by atoms with E-state index in [0.29, 0.717) is 12.2 Å². The number of aromatic nitrogens is 4. The fourth-order valence-corrected chi connectivity index (χ4v) is 3.53. The van der Waals surface area contributed by atoms with Gasteiger partial charge >= 0.3 is 0 Å². The van der Waals surface area contributed by atoms with Crippen LogP contribution in [-0.4, -0.2) is 50.2 Å². The van der Waals surface area contributed by atoms with E-state index in [0.717, 1.165) is 61.7 Å². The summed E-state index contributed by atoms with van der Waals surface area (Å²) < 4.78 is 1.85. The third-order valence-corrected chi connectivity index (χ3v) is 4.89. The van der Waals surface area contributed by atoms with Crippen LogP contribution in [0.25, 0.3) is 0 Å². The smallest absolute Gasteiger partial charge is 0.274 e. The Hall–Kier alpha value is -2.44. The average Bonchev–Trinajstić information content (AvgIpc) is 3.23. The van der Waals surface area contributed by atoms with Crippen LogP contribution in [0.1, 0.15) is 40.2 Å². The summed E-state index contributed by atoms with van der Waals surface area (Å²) in [6.45, 7) is 5.19. The van der Waals surface area contributed by atoms with E-state index < -0.39 is 0 Å². The minimum absolute atomic E-state index is 0.0874. The van der Waals surface area contributed by atoms with Crippen LogP contribution in [0.3, 0.4) is 0 Å². The quantitative estimate of drug-likeness (QED) is 0.832. The highest BCUT2D eigenvalue weighted by Crippen LogP contribution is 2.26. The number of hydrogen-bond acceptors (Lipinski definition) is 5. The van der Waals surface area contributed by atoms with Crippen molar-refractivity contribution in [1.82, 2.24) is 24.6 Å². The Balaban J connectivity index is 1.60. The molecule has 0 aliphatic carbocycles. The van der Waals surface area contributed by atoms with Crippen molar-refractivity contribution in [2.45, 2.75) is 32.7 Å².